The van der Waals surface area contributed by atoms with Crippen molar-refractivity contribution >= 4 is 23.1 Å². The summed E-state index contributed by atoms with van der Waals surface area (Å²) in [7, 11) is 0. The molecule has 0 aliphatic carbocycles. The van der Waals surface area contributed by atoms with Crippen LogP contribution < -0.4 is 10.6 Å². The van der Waals surface area contributed by atoms with Crippen molar-refractivity contribution in [1.82, 2.24) is 10.3 Å². The minimum absolute atomic E-state index is 0.619. The maximum absolute atomic E-state index is 5.19. The molecule has 0 aromatic carbocycles. The van der Waals surface area contributed by atoms with E-state index in [1.54, 1.807) is 6.20 Å². The maximum atomic E-state index is 5.19. The summed E-state index contributed by atoms with van der Waals surface area (Å²) in [5.74, 6) is 0.812. The molecule has 92 valence electrons. The van der Waals surface area contributed by atoms with Gasteiger partial charge in [0.2, 0.25) is 0 Å². The lowest BCUT2D eigenvalue weighted by Crippen LogP contribution is -2.29. The fourth-order valence-electron chi connectivity index (χ4n) is 1.31. The molecule has 0 aliphatic rings. The summed E-state index contributed by atoms with van der Waals surface area (Å²) >= 11 is 5.19. The van der Waals surface area contributed by atoms with Gasteiger partial charge in [0.1, 0.15) is 5.82 Å². The number of hydrogen-bond acceptors (Lipinski definition) is 2. The van der Waals surface area contributed by atoms with Crippen LogP contribution in [0.4, 0.5) is 5.82 Å². The summed E-state index contributed by atoms with van der Waals surface area (Å²) in [6, 6.07) is 3.91. The molecule has 3 nitrogen and oxygen atoms in total. The van der Waals surface area contributed by atoms with E-state index in [2.05, 4.69) is 35.5 Å². The van der Waals surface area contributed by atoms with Gasteiger partial charge in [0, 0.05) is 12.7 Å². The fourth-order valence-corrected chi connectivity index (χ4v) is 1.51. The van der Waals surface area contributed by atoms with Crippen molar-refractivity contribution in [2.75, 3.05) is 11.9 Å². The smallest absolute Gasteiger partial charge is 0.171 e. The number of allylic oxidation sites excluding steroid dienone is 1. The molecule has 17 heavy (non-hydrogen) atoms. The summed E-state index contributed by atoms with van der Waals surface area (Å²) in [5, 5.41) is 6.86. The Morgan fingerprint density at radius 1 is 1.47 bits per heavy atom. The van der Waals surface area contributed by atoms with E-state index in [9.17, 15) is 0 Å². The van der Waals surface area contributed by atoms with Gasteiger partial charge in [-0.25, -0.2) is 4.98 Å². The number of anilines is 1. The van der Waals surface area contributed by atoms with Gasteiger partial charge in [-0.05, 0) is 51.0 Å². The molecule has 0 saturated heterocycles. The van der Waals surface area contributed by atoms with Crippen LogP contribution in [0, 0.1) is 6.92 Å². The van der Waals surface area contributed by atoms with Crippen LogP contribution in [0.15, 0.2) is 30.0 Å². The van der Waals surface area contributed by atoms with E-state index >= 15 is 0 Å². The van der Waals surface area contributed by atoms with Crippen LogP contribution in [-0.2, 0) is 0 Å². The predicted octanol–water partition coefficient (Wildman–Crippen LogP) is 3.03. The van der Waals surface area contributed by atoms with Gasteiger partial charge < -0.3 is 10.6 Å². The molecule has 4 heteroatoms. The Labute approximate surface area is 108 Å². The van der Waals surface area contributed by atoms with Crippen molar-refractivity contribution in [2.24, 2.45) is 0 Å². The second-order valence-corrected chi connectivity index (χ2v) is 4.53. The number of nitrogens with zero attached hydrogens (tertiary/aromatic N) is 1. The third-order valence-corrected chi connectivity index (χ3v) is 2.47. The molecule has 1 heterocycles. The lowest BCUT2D eigenvalue weighted by molar-refractivity contribution is 0.891. The van der Waals surface area contributed by atoms with E-state index in [1.165, 1.54) is 5.57 Å². The second-order valence-electron chi connectivity index (χ2n) is 4.12. The molecule has 0 spiro atoms. The van der Waals surface area contributed by atoms with Crippen molar-refractivity contribution < 1.29 is 0 Å². The average Bonchev–Trinajstić information content (AvgIpc) is 2.27. The number of nitrogens with one attached hydrogen (secondary N) is 2. The lowest BCUT2D eigenvalue weighted by atomic mass is 10.3. The first-order chi connectivity index (χ1) is 8.09. The van der Waals surface area contributed by atoms with Gasteiger partial charge >= 0.3 is 0 Å². The third-order valence-electron chi connectivity index (χ3n) is 2.22. The Hall–Kier alpha value is -1.42. The predicted molar refractivity (Wildman–Crippen MR) is 77.2 cm³/mol. The number of rotatable bonds is 4. The quantitative estimate of drug-likeness (QED) is 0.488. The largest absolute Gasteiger partial charge is 0.362 e. The molecule has 1 rings (SSSR count). The van der Waals surface area contributed by atoms with E-state index < -0.39 is 0 Å². The topological polar surface area (TPSA) is 37.0 Å². The van der Waals surface area contributed by atoms with Crippen LogP contribution in [0.3, 0.4) is 0 Å². The van der Waals surface area contributed by atoms with Crippen molar-refractivity contribution in [3.05, 3.63) is 35.5 Å². The second kappa shape index (κ2) is 7.01. The summed E-state index contributed by atoms with van der Waals surface area (Å²) in [5.41, 5.74) is 2.41. The van der Waals surface area contributed by atoms with Crippen LogP contribution in [0.2, 0.25) is 0 Å². The Balaban J connectivity index is 2.35. The Morgan fingerprint density at radius 2 is 2.24 bits per heavy atom. The van der Waals surface area contributed by atoms with E-state index in [1.807, 2.05) is 19.1 Å². The van der Waals surface area contributed by atoms with Gasteiger partial charge in [0.25, 0.3) is 0 Å². The molecule has 0 saturated carbocycles. The molecule has 0 fully saturated rings. The molecule has 0 bridgehead atoms. The molecule has 0 unspecified atom stereocenters. The summed E-state index contributed by atoms with van der Waals surface area (Å²) < 4.78 is 0. The third kappa shape index (κ3) is 5.45. The van der Waals surface area contributed by atoms with Crippen molar-refractivity contribution in [1.29, 1.82) is 0 Å². The van der Waals surface area contributed by atoms with Gasteiger partial charge in [-0.3, -0.25) is 0 Å². The first-order valence-corrected chi connectivity index (χ1v) is 6.10. The van der Waals surface area contributed by atoms with Gasteiger partial charge in [0.05, 0.1) is 0 Å². The molecule has 1 aromatic heterocycles. The Bertz CT molecular complexity index is 409. The average molecular weight is 249 g/mol. The lowest BCUT2D eigenvalue weighted by Gasteiger charge is -2.10. The fraction of sp³-hybridized carbons (Fsp3) is 0.385. The molecule has 0 atom stereocenters. The van der Waals surface area contributed by atoms with E-state index in [0.29, 0.717) is 5.11 Å². The SMILES string of the molecule is CC(C)=CCCNC(=S)Nc1ncccc1C. The Kier molecular flexibility index (Phi) is 5.63. The molecule has 0 amide bonds. The van der Waals surface area contributed by atoms with Crippen LogP contribution in [-0.4, -0.2) is 16.6 Å². The molecule has 1 aromatic rings. The monoisotopic (exact) mass is 249 g/mol. The summed E-state index contributed by atoms with van der Waals surface area (Å²) in [4.78, 5) is 4.22. The number of aryl methyl sites for hydroxylation is 1. The molecule has 2 N–H and O–H groups in total. The first-order valence-electron chi connectivity index (χ1n) is 5.69. The van der Waals surface area contributed by atoms with Crippen molar-refractivity contribution in [3.8, 4) is 0 Å². The first kappa shape index (κ1) is 13.6. The summed E-state index contributed by atoms with van der Waals surface area (Å²) in [6.07, 6.45) is 4.91. The standard InChI is InChI=1S/C13H19N3S/c1-10(2)6-4-9-15-13(17)16-12-11(3)7-5-8-14-12/h5-8H,4,9H2,1-3H3,(H2,14,15,16,17). The molecular formula is C13H19N3S. The van der Waals surface area contributed by atoms with Crippen molar-refractivity contribution in [3.63, 3.8) is 0 Å². The summed E-state index contributed by atoms with van der Waals surface area (Å²) in [6.45, 7) is 7.02. The zero-order valence-corrected chi connectivity index (χ0v) is 11.4. The normalized spacial score (nSPS) is 9.59. The zero-order valence-electron chi connectivity index (χ0n) is 10.6. The number of pyridine rings is 1. The highest BCUT2D eigenvalue weighted by molar-refractivity contribution is 7.80. The minimum atomic E-state index is 0.619. The molecule has 0 aliphatic heterocycles. The highest BCUT2D eigenvalue weighted by Gasteiger charge is 2.00. The number of hydrogen-bond donors (Lipinski definition) is 2. The van der Waals surface area contributed by atoms with Gasteiger partial charge in [-0.2, -0.15) is 0 Å². The highest BCUT2D eigenvalue weighted by Crippen LogP contribution is 2.08. The van der Waals surface area contributed by atoms with Crippen LogP contribution in [0.1, 0.15) is 25.8 Å². The van der Waals surface area contributed by atoms with Crippen LogP contribution >= 0.6 is 12.2 Å². The van der Waals surface area contributed by atoms with Crippen LogP contribution in [0.5, 0.6) is 0 Å². The molecule has 0 radical (unpaired) electrons. The van der Waals surface area contributed by atoms with Gasteiger partial charge in [0.15, 0.2) is 5.11 Å². The van der Waals surface area contributed by atoms with Gasteiger partial charge in [-0.15, -0.1) is 0 Å². The molecular weight excluding hydrogens is 230 g/mol. The van der Waals surface area contributed by atoms with Gasteiger partial charge in [-0.1, -0.05) is 17.7 Å². The number of thiocarbonyl (C=S) groups is 1. The zero-order chi connectivity index (χ0) is 12.7. The maximum Gasteiger partial charge on any atom is 0.171 e. The Morgan fingerprint density at radius 3 is 2.88 bits per heavy atom. The minimum Gasteiger partial charge on any atom is -0.362 e. The van der Waals surface area contributed by atoms with E-state index in [-0.39, 0.29) is 0 Å². The van der Waals surface area contributed by atoms with Crippen molar-refractivity contribution in [2.45, 2.75) is 27.2 Å². The van der Waals surface area contributed by atoms with Crippen LogP contribution in [0.25, 0.3) is 0 Å². The van der Waals surface area contributed by atoms with E-state index in [0.717, 1.165) is 24.3 Å². The van der Waals surface area contributed by atoms with E-state index in [4.69, 9.17) is 12.2 Å². The number of aromatic nitrogens is 1. The highest BCUT2D eigenvalue weighted by atomic mass is 32.1.